The largest absolute Gasteiger partial charge is 0.394 e. The molecule has 0 aliphatic rings. The number of nitriles is 1. The van der Waals surface area contributed by atoms with Crippen LogP contribution < -0.4 is 11.1 Å². The van der Waals surface area contributed by atoms with Crippen LogP contribution >= 0.6 is 0 Å². The Bertz CT molecular complexity index is 634. The van der Waals surface area contributed by atoms with Gasteiger partial charge in [0.15, 0.2) is 5.82 Å². The Morgan fingerprint density at radius 1 is 1.37 bits per heavy atom. The van der Waals surface area contributed by atoms with E-state index < -0.39 is 0 Å². The lowest BCUT2D eigenvalue weighted by atomic mass is 10.2. The van der Waals surface area contributed by atoms with Gasteiger partial charge >= 0.3 is 0 Å². The van der Waals surface area contributed by atoms with Crippen LogP contribution in [-0.4, -0.2) is 9.78 Å². The highest BCUT2D eigenvalue weighted by molar-refractivity contribution is 5.74. The number of nitrogens with two attached hydrogens (primary N) is 1. The molecule has 5 heteroatoms. The SMILES string of the molecule is Cc1nn(C(C)C)c(Nc2ccccc2C#N)c1N. The molecule has 1 aromatic heterocycles. The molecule has 0 amide bonds. The molecule has 2 rings (SSSR count). The summed E-state index contributed by atoms with van der Waals surface area (Å²) in [6.07, 6.45) is 0. The Balaban J connectivity index is 2.47. The van der Waals surface area contributed by atoms with Gasteiger partial charge in [-0.1, -0.05) is 12.1 Å². The van der Waals surface area contributed by atoms with Crippen LogP contribution in [0.3, 0.4) is 0 Å². The average molecular weight is 255 g/mol. The fourth-order valence-corrected chi connectivity index (χ4v) is 1.88. The van der Waals surface area contributed by atoms with E-state index in [0.29, 0.717) is 11.3 Å². The second-order valence-corrected chi connectivity index (χ2v) is 4.67. The topological polar surface area (TPSA) is 79.7 Å². The number of anilines is 3. The molecule has 0 aliphatic heterocycles. The number of benzene rings is 1. The first kappa shape index (κ1) is 13.0. The Morgan fingerprint density at radius 2 is 2.05 bits per heavy atom. The molecule has 3 N–H and O–H groups in total. The summed E-state index contributed by atoms with van der Waals surface area (Å²) in [5.41, 5.74) is 8.76. The number of para-hydroxylation sites is 1. The number of rotatable bonds is 3. The molecule has 19 heavy (non-hydrogen) atoms. The molecule has 5 nitrogen and oxygen atoms in total. The summed E-state index contributed by atoms with van der Waals surface area (Å²) in [5, 5.41) is 16.7. The first-order valence-electron chi connectivity index (χ1n) is 6.15. The zero-order chi connectivity index (χ0) is 14.0. The van der Waals surface area contributed by atoms with E-state index in [1.165, 1.54) is 0 Å². The molecular weight excluding hydrogens is 238 g/mol. The van der Waals surface area contributed by atoms with E-state index in [1.807, 2.05) is 43.7 Å². The summed E-state index contributed by atoms with van der Waals surface area (Å²) in [7, 11) is 0. The van der Waals surface area contributed by atoms with E-state index >= 15 is 0 Å². The van der Waals surface area contributed by atoms with Crippen molar-refractivity contribution >= 4 is 17.2 Å². The Kier molecular flexibility index (Phi) is 3.43. The van der Waals surface area contributed by atoms with Gasteiger partial charge in [0.05, 0.1) is 22.6 Å². The zero-order valence-electron chi connectivity index (χ0n) is 11.3. The minimum Gasteiger partial charge on any atom is -0.394 e. The molecule has 0 saturated heterocycles. The monoisotopic (exact) mass is 255 g/mol. The molecule has 0 saturated carbocycles. The lowest BCUT2D eigenvalue weighted by molar-refractivity contribution is 0.536. The van der Waals surface area contributed by atoms with Gasteiger partial charge in [-0.15, -0.1) is 0 Å². The maximum absolute atomic E-state index is 9.11. The van der Waals surface area contributed by atoms with Gasteiger partial charge in [-0.3, -0.25) is 0 Å². The summed E-state index contributed by atoms with van der Waals surface area (Å²) >= 11 is 0. The summed E-state index contributed by atoms with van der Waals surface area (Å²) < 4.78 is 1.83. The van der Waals surface area contributed by atoms with Crippen molar-refractivity contribution in [2.75, 3.05) is 11.1 Å². The minimum atomic E-state index is 0.188. The van der Waals surface area contributed by atoms with Gasteiger partial charge in [-0.05, 0) is 32.9 Å². The predicted molar refractivity (Wildman–Crippen MR) is 76.2 cm³/mol. The summed E-state index contributed by atoms with van der Waals surface area (Å²) in [4.78, 5) is 0. The molecule has 1 aromatic carbocycles. The van der Waals surface area contributed by atoms with Crippen molar-refractivity contribution in [3.63, 3.8) is 0 Å². The number of hydrogen-bond acceptors (Lipinski definition) is 4. The molecule has 0 spiro atoms. The first-order chi connectivity index (χ1) is 9.04. The second-order valence-electron chi connectivity index (χ2n) is 4.67. The molecule has 0 atom stereocenters. The maximum Gasteiger partial charge on any atom is 0.152 e. The van der Waals surface area contributed by atoms with Crippen LogP contribution in [0.4, 0.5) is 17.2 Å². The molecule has 2 aromatic rings. The molecule has 0 aliphatic carbocycles. The van der Waals surface area contributed by atoms with E-state index in [4.69, 9.17) is 11.0 Å². The minimum absolute atomic E-state index is 0.188. The van der Waals surface area contributed by atoms with Crippen LogP contribution in [0, 0.1) is 18.3 Å². The predicted octanol–water partition coefficient (Wildman–Crippen LogP) is 2.97. The van der Waals surface area contributed by atoms with Gasteiger partial charge in [0.2, 0.25) is 0 Å². The van der Waals surface area contributed by atoms with E-state index in [1.54, 1.807) is 6.07 Å². The third kappa shape index (κ3) is 2.38. The van der Waals surface area contributed by atoms with Gasteiger partial charge in [0, 0.05) is 6.04 Å². The van der Waals surface area contributed by atoms with E-state index in [-0.39, 0.29) is 6.04 Å². The highest BCUT2D eigenvalue weighted by atomic mass is 15.4. The number of nitrogens with one attached hydrogen (secondary N) is 1. The molecular formula is C14H17N5. The normalized spacial score (nSPS) is 10.5. The molecule has 0 bridgehead atoms. The fraction of sp³-hybridized carbons (Fsp3) is 0.286. The van der Waals surface area contributed by atoms with E-state index in [0.717, 1.165) is 17.2 Å². The summed E-state index contributed by atoms with van der Waals surface area (Å²) in [6.45, 7) is 5.94. The number of hydrogen-bond donors (Lipinski definition) is 2. The number of nitrogens with zero attached hydrogens (tertiary/aromatic N) is 3. The van der Waals surface area contributed by atoms with Crippen molar-refractivity contribution < 1.29 is 0 Å². The summed E-state index contributed by atoms with van der Waals surface area (Å²) in [5.74, 6) is 0.732. The third-order valence-corrected chi connectivity index (χ3v) is 2.92. The van der Waals surface area contributed by atoms with Crippen molar-refractivity contribution in [1.82, 2.24) is 9.78 Å². The van der Waals surface area contributed by atoms with Crippen LogP contribution in [0.15, 0.2) is 24.3 Å². The van der Waals surface area contributed by atoms with Crippen molar-refractivity contribution in [3.8, 4) is 6.07 Å². The molecule has 0 unspecified atom stereocenters. The second kappa shape index (κ2) is 5.02. The smallest absolute Gasteiger partial charge is 0.152 e. The fourth-order valence-electron chi connectivity index (χ4n) is 1.88. The Morgan fingerprint density at radius 3 is 2.68 bits per heavy atom. The van der Waals surface area contributed by atoms with E-state index in [9.17, 15) is 0 Å². The zero-order valence-corrected chi connectivity index (χ0v) is 11.3. The molecule has 98 valence electrons. The highest BCUT2D eigenvalue weighted by Gasteiger charge is 2.15. The van der Waals surface area contributed by atoms with Crippen LogP contribution in [0.2, 0.25) is 0 Å². The lowest BCUT2D eigenvalue weighted by Gasteiger charge is -2.14. The van der Waals surface area contributed by atoms with Crippen LogP contribution in [0.1, 0.15) is 31.1 Å². The van der Waals surface area contributed by atoms with Gasteiger partial charge in [0.25, 0.3) is 0 Å². The third-order valence-electron chi connectivity index (χ3n) is 2.92. The molecule has 0 fully saturated rings. The van der Waals surface area contributed by atoms with Crippen molar-refractivity contribution in [2.45, 2.75) is 26.8 Å². The Labute approximate surface area is 112 Å². The quantitative estimate of drug-likeness (QED) is 0.883. The van der Waals surface area contributed by atoms with Crippen molar-refractivity contribution in [3.05, 3.63) is 35.5 Å². The first-order valence-corrected chi connectivity index (χ1v) is 6.15. The van der Waals surface area contributed by atoms with Crippen molar-refractivity contribution in [1.29, 1.82) is 5.26 Å². The van der Waals surface area contributed by atoms with Crippen LogP contribution in [0.25, 0.3) is 0 Å². The van der Waals surface area contributed by atoms with Crippen LogP contribution in [-0.2, 0) is 0 Å². The summed E-state index contributed by atoms with van der Waals surface area (Å²) in [6, 6.07) is 9.67. The number of aromatic nitrogens is 2. The number of aryl methyl sites for hydroxylation is 1. The van der Waals surface area contributed by atoms with Crippen molar-refractivity contribution in [2.24, 2.45) is 0 Å². The number of nitrogen functional groups attached to an aromatic ring is 1. The van der Waals surface area contributed by atoms with E-state index in [2.05, 4.69) is 16.5 Å². The maximum atomic E-state index is 9.11. The van der Waals surface area contributed by atoms with Gasteiger partial charge in [-0.2, -0.15) is 10.4 Å². The van der Waals surface area contributed by atoms with Crippen LogP contribution in [0.5, 0.6) is 0 Å². The van der Waals surface area contributed by atoms with Gasteiger partial charge < -0.3 is 11.1 Å². The van der Waals surface area contributed by atoms with Gasteiger partial charge in [-0.25, -0.2) is 4.68 Å². The average Bonchev–Trinajstić information content (AvgIpc) is 2.68. The molecule has 0 radical (unpaired) electrons. The standard InChI is InChI=1S/C14H17N5/c1-9(2)19-14(13(16)10(3)18-19)17-12-7-5-4-6-11(12)8-15/h4-7,9,17H,16H2,1-3H3. The Hall–Kier alpha value is -2.48. The van der Waals surface area contributed by atoms with Gasteiger partial charge in [0.1, 0.15) is 6.07 Å². The molecule has 1 heterocycles. The highest BCUT2D eigenvalue weighted by Crippen LogP contribution is 2.29. The lowest BCUT2D eigenvalue weighted by Crippen LogP contribution is -2.08.